The van der Waals surface area contributed by atoms with Gasteiger partial charge in [-0.3, -0.25) is 4.79 Å². The van der Waals surface area contributed by atoms with E-state index in [9.17, 15) is 4.79 Å². The normalized spacial score (nSPS) is 15.3. The summed E-state index contributed by atoms with van der Waals surface area (Å²) in [6, 6.07) is 0. The van der Waals surface area contributed by atoms with Gasteiger partial charge in [0.05, 0.1) is 12.3 Å². The third-order valence-electron chi connectivity index (χ3n) is 2.53. The van der Waals surface area contributed by atoms with Crippen molar-refractivity contribution in [2.24, 2.45) is 0 Å². The molecule has 1 amide bonds. The maximum Gasteiger partial charge on any atom is 0.241 e. The Morgan fingerprint density at radius 2 is 2.40 bits per heavy atom. The molecule has 0 bridgehead atoms. The average molecular weight is 210 g/mol. The summed E-state index contributed by atoms with van der Waals surface area (Å²) in [5.41, 5.74) is 1.52. The number of aliphatic hydroxyl groups is 1. The number of hydrogen-bond donors (Lipinski definition) is 2. The first-order valence-electron chi connectivity index (χ1n) is 5.00. The minimum absolute atomic E-state index is 0.105. The van der Waals surface area contributed by atoms with Gasteiger partial charge >= 0.3 is 0 Å². The average Bonchev–Trinajstić information content (AvgIpc) is 3.00. The van der Waals surface area contributed by atoms with E-state index in [-0.39, 0.29) is 19.1 Å². The lowest BCUT2D eigenvalue weighted by atomic mass is 10.2. The van der Waals surface area contributed by atoms with Crippen LogP contribution in [0.1, 0.15) is 30.1 Å². The van der Waals surface area contributed by atoms with Crippen LogP contribution in [0.3, 0.4) is 0 Å². The number of rotatable bonds is 4. The molecular weight excluding hydrogens is 196 g/mol. The minimum Gasteiger partial charge on any atom is -0.390 e. The number of hydrogen-bond acceptors (Lipinski definition) is 4. The number of nitrogens with one attached hydrogen (secondary N) is 1. The molecule has 82 valence electrons. The Balaban J connectivity index is 2.22. The van der Waals surface area contributed by atoms with Crippen molar-refractivity contribution in [3.8, 4) is 0 Å². The van der Waals surface area contributed by atoms with Crippen LogP contribution in [-0.2, 0) is 17.9 Å². The van der Waals surface area contributed by atoms with E-state index in [1.807, 2.05) is 0 Å². The van der Waals surface area contributed by atoms with Crippen molar-refractivity contribution in [3.05, 3.63) is 11.4 Å². The number of aliphatic hydroxyl groups excluding tert-OH is 1. The zero-order valence-corrected chi connectivity index (χ0v) is 8.60. The van der Waals surface area contributed by atoms with Gasteiger partial charge in [0.25, 0.3) is 0 Å². The van der Waals surface area contributed by atoms with Gasteiger partial charge in [0.1, 0.15) is 12.2 Å². The molecule has 6 heteroatoms. The number of carbonyl (C=O) groups is 1. The Bertz CT molecular complexity index is 370. The third kappa shape index (κ3) is 1.99. The largest absolute Gasteiger partial charge is 0.390 e. The van der Waals surface area contributed by atoms with Crippen LogP contribution in [0, 0.1) is 0 Å². The number of carbonyl (C=O) groups excluding carboxylic acids is 1. The van der Waals surface area contributed by atoms with Gasteiger partial charge < -0.3 is 10.4 Å². The molecule has 0 aliphatic heterocycles. The highest BCUT2D eigenvalue weighted by atomic mass is 16.3. The third-order valence-corrected chi connectivity index (χ3v) is 2.53. The van der Waals surface area contributed by atoms with Crippen LogP contribution in [0.15, 0.2) is 0 Å². The fraction of sp³-hybridized carbons (Fsp3) is 0.667. The Kier molecular flexibility index (Phi) is 2.68. The number of likely N-dealkylation sites (N-methyl/N-ethyl adjacent to an activating group) is 1. The van der Waals surface area contributed by atoms with Crippen LogP contribution in [0.4, 0.5) is 0 Å². The lowest BCUT2D eigenvalue weighted by molar-refractivity contribution is -0.121. The lowest BCUT2D eigenvalue weighted by Crippen LogP contribution is -2.25. The summed E-state index contributed by atoms with van der Waals surface area (Å²) >= 11 is 0. The van der Waals surface area contributed by atoms with E-state index >= 15 is 0 Å². The Hall–Kier alpha value is -1.43. The highest BCUT2D eigenvalue weighted by molar-refractivity contribution is 5.75. The molecule has 0 spiro atoms. The molecule has 1 aromatic rings. The van der Waals surface area contributed by atoms with Crippen LogP contribution in [0.2, 0.25) is 0 Å². The lowest BCUT2D eigenvalue weighted by Gasteiger charge is -2.04. The maximum absolute atomic E-state index is 11.2. The quantitative estimate of drug-likeness (QED) is 0.695. The van der Waals surface area contributed by atoms with Gasteiger partial charge in [-0.25, -0.2) is 4.68 Å². The molecule has 2 N–H and O–H groups in total. The highest BCUT2D eigenvalue weighted by Gasteiger charge is 2.31. The van der Waals surface area contributed by atoms with Crippen molar-refractivity contribution >= 4 is 5.91 Å². The first-order valence-corrected chi connectivity index (χ1v) is 5.00. The van der Waals surface area contributed by atoms with Gasteiger partial charge in [-0.1, -0.05) is 5.21 Å². The predicted octanol–water partition coefficient (Wildman–Crippen LogP) is -0.606. The smallest absolute Gasteiger partial charge is 0.241 e. The molecule has 2 rings (SSSR count). The van der Waals surface area contributed by atoms with Crippen molar-refractivity contribution in [1.29, 1.82) is 0 Å². The van der Waals surface area contributed by atoms with E-state index in [0.29, 0.717) is 11.6 Å². The van der Waals surface area contributed by atoms with Gasteiger partial charge in [0, 0.05) is 13.0 Å². The molecule has 1 fully saturated rings. The molecule has 1 aliphatic carbocycles. The van der Waals surface area contributed by atoms with Crippen LogP contribution >= 0.6 is 0 Å². The topological polar surface area (TPSA) is 80.0 Å². The number of amides is 1. The zero-order chi connectivity index (χ0) is 10.8. The number of aromatic nitrogens is 3. The van der Waals surface area contributed by atoms with E-state index < -0.39 is 0 Å². The van der Waals surface area contributed by atoms with Crippen molar-refractivity contribution < 1.29 is 9.90 Å². The van der Waals surface area contributed by atoms with Gasteiger partial charge in [0.2, 0.25) is 5.91 Å². The summed E-state index contributed by atoms with van der Waals surface area (Å²) in [5.74, 6) is 0.318. The predicted molar refractivity (Wildman–Crippen MR) is 52.0 cm³/mol. The first kappa shape index (κ1) is 10.1. The van der Waals surface area contributed by atoms with Crippen molar-refractivity contribution in [2.45, 2.75) is 31.9 Å². The monoisotopic (exact) mass is 210 g/mol. The second-order valence-electron chi connectivity index (χ2n) is 3.68. The van der Waals surface area contributed by atoms with E-state index in [2.05, 4.69) is 15.6 Å². The molecule has 0 aromatic carbocycles. The van der Waals surface area contributed by atoms with Crippen molar-refractivity contribution in [3.63, 3.8) is 0 Å². The summed E-state index contributed by atoms with van der Waals surface area (Å²) in [6.45, 7) is 0.0644. The highest BCUT2D eigenvalue weighted by Crippen LogP contribution is 2.41. The van der Waals surface area contributed by atoms with Gasteiger partial charge in [-0.2, -0.15) is 0 Å². The molecule has 1 aliphatic rings. The molecule has 0 radical (unpaired) electrons. The molecule has 0 unspecified atom stereocenters. The first-order chi connectivity index (χ1) is 7.26. The maximum atomic E-state index is 11.2. The molecule has 0 saturated heterocycles. The summed E-state index contributed by atoms with van der Waals surface area (Å²) in [6.07, 6.45) is 2.18. The molecule has 1 heterocycles. The van der Waals surface area contributed by atoms with E-state index in [4.69, 9.17) is 5.11 Å². The molecule has 1 aromatic heterocycles. The second-order valence-corrected chi connectivity index (χ2v) is 3.68. The Morgan fingerprint density at radius 3 is 2.93 bits per heavy atom. The van der Waals surface area contributed by atoms with Gasteiger partial charge in [0.15, 0.2) is 0 Å². The van der Waals surface area contributed by atoms with Gasteiger partial charge in [-0.15, -0.1) is 5.10 Å². The van der Waals surface area contributed by atoms with E-state index in [1.165, 1.54) is 0 Å². The van der Waals surface area contributed by atoms with Crippen molar-refractivity contribution in [2.75, 3.05) is 7.05 Å². The molecule has 15 heavy (non-hydrogen) atoms. The van der Waals surface area contributed by atoms with Crippen LogP contribution in [0.25, 0.3) is 0 Å². The molecule has 0 atom stereocenters. The van der Waals surface area contributed by atoms with Crippen LogP contribution < -0.4 is 5.32 Å². The fourth-order valence-corrected chi connectivity index (χ4v) is 1.60. The van der Waals surface area contributed by atoms with Crippen LogP contribution in [0.5, 0.6) is 0 Å². The standard InChI is InChI=1S/C9H14N4O2/c1-10-8(15)4-13-9(6-2-3-6)7(5-14)11-12-13/h6,14H,2-5H2,1H3,(H,10,15). The minimum atomic E-state index is -0.112. The van der Waals surface area contributed by atoms with E-state index in [0.717, 1.165) is 18.5 Å². The number of nitrogens with zero attached hydrogens (tertiary/aromatic N) is 3. The van der Waals surface area contributed by atoms with Crippen molar-refractivity contribution in [1.82, 2.24) is 20.3 Å². The SMILES string of the molecule is CNC(=O)Cn1nnc(CO)c1C1CC1. The molecule has 1 saturated carbocycles. The molecule has 6 nitrogen and oxygen atoms in total. The Labute approximate surface area is 87.3 Å². The van der Waals surface area contributed by atoms with Crippen LogP contribution in [-0.4, -0.2) is 33.1 Å². The summed E-state index contributed by atoms with van der Waals surface area (Å²) in [4.78, 5) is 11.2. The van der Waals surface area contributed by atoms with E-state index in [1.54, 1.807) is 11.7 Å². The second kappa shape index (κ2) is 3.98. The van der Waals surface area contributed by atoms with Gasteiger partial charge in [-0.05, 0) is 12.8 Å². The fourth-order valence-electron chi connectivity index (χ4n) is 1.60. The summed E-state index contributed by atoms with van der Waals surface area (Å²) < 4.78 is 1.59. The zero-order valence-electron chi connectivity index (χ0n) is 8.60. The summed E-state index contributed by atoms with van der Waals surface area (Å²) in [7, 11) is 1.59. The Morgan fingerprint density at radius 1 is 1.67 bits per heavy atom. The summed E-state index contributed by atoms with van der Waals surface area (Å²) in [5, 5.41) is 19.4. The molecular formula is C9H14N4O2.